The number of H-pyrrole nitrogens is 1. The monoisotopic (exact) mass is 578 g/mol. The number of rotatable bonds is 16. The first kappa shape index (κ1) is 33.6. The van der Waals surface area contributed by atoms with E-state index in [-0.39, 0.29) is 5.91 Å². The summed E-state index contributed by atoms with van der Waals surface area (Å²) < 4.78 is 14.3. The maximum atomic E-state index is 14.3. The summed E-state index contributed by atoms with van der Waals surface area (Å²) in [6.07, 6.45) is 5.83. The number of aromatic nitrogens is 1. The van der Waals surface area contributed by atoms with Gasteiger partial charge in [-0.1, -0.05) is 60.1 Å². The van der Waals surface area contributed by atoms with Crippen LogP contribution in [0.1, 0.15) is 101 Å². The van der Waals surface area contributed by atoms with E-state index in [1.165, 1.54) is 12.8 Å². The molecule has 0 bridgehead atoms. The molecule has 2 aromatic rings. The van der Waals surface area contributed by atoms with Crippen LogP contribution in [0.3, 0.4) is 0 Å². The van der Waals surface area contributed by atoms with Crippen LogP contribution in [0.4, 0.5) is 10.1 Å². The molecule has 0 spiro atoms. The van der Waals surface area contributed by atoms with E-state index in [0.717, 1.165) is 77.6 Å². The smallest absolute Gasteiger partial charge is 0.256 e. The zero-order chi connectivity index (χ0) is 31.2. The summed E-state index contributed by atoms with van der Waals surface area (Å²) in [6.45, 7) is 27.5. The Balaban J connectivity index is 1.76. The number of aryl methyl sites for hydroxylation is 1. The molecule has 2 unspecified atom stereocenters. The zero-order valence-corrected chi connectivity index (χ0v) is 27.6. The van der Waals surface area contributed by atoms with Gasteiger partial charge in [-0.3, -0.25) is 4.79 Å². The van der Waals surface area contributed by atoms with Crippen molar-refractivity contribution in [3.8, 4) is 0 Å². The molecule has 1 aliphatic rings. The van der Waals surface area contributed by atoms with Crippen LogP contribution in [0, 0.1) is 31.6 Å². The van der Waals surface area contributed by atoms with Crippen molar-refractivity contribution in [2.45, 2.75) is 93.7 Å². The second-order valence-electron chi connectivity index (χ2n) is 13.6. The van der Waals surface area contributed by atoms with E-state index in [4.69, 9.17) is 0 Å². The van der Waals surface area contributed by atoms with Crippen LogP contribution in [0.5, 0.6) is 0 Å². The molecule has 0 aliphatic carbocycles. The highest BCUT2D eigenvalue weighted by Crippen LogP contribution is 2.36. The Morgan fingerprint density at radius 1 is 1.14 bits per heavy atom. The Labute approximate surface area is 254 Å². The third-order valence-corrected chi connectivity index (χ3v) is 8.23. The molecule has 232 valence electrons. The average molecular weight is 579 g/mol. The van der Waals surface area contributed by atoms with Crippen molar-refractivity contribution < 1.29 is 9.18 Å². The summed E-state index contributed by atoms with van der Waals surface area (Å²) in [5.74, 6) is 1.74. The van der Waals surface area contributed by atoms with Gasteiger partial charge in [-0.05, 0) is 81.2 Å². The van der Waals surface area contributed by atoms with Crippen molar-refractivity contribution in [2.75, 3.05) is 31.5 Å². The number of nitrogens with one attached hydrogen (secondary N) is 3. The van der Waals surface area contributed by atoms with E-state index < -0.39 is 5.67 Å². The maximum absolute atomic E-state index is 14.3. The molecule has 42 heavy (non-hydrogen) atoms. The van der Waals surface area contributed by atoms with Crippen molar-refractivity contribution in [1.82, 2.24) is 15.2 Å². The lowest BCUT2D eigenvalue weighted by atomic mass is 9.96. The topological polar surface area (TPSA) is 60.2 Å². The lowest BCUT2D eigenvalue weighted by molar-refractivity contribution is -0.110. The minimum absolute atomic E-state index is 0.142. The summed E-state index contributed by atoms with van der Waals surface area (Å²) in [6, 6.07) is 5.69. The number of benzene rings is 1. The van der Waals surface area contributed by atoms with Crippen molar-refractivity contribution in [2.24, 2.45) is 17.8 Å². The molecule has 2 atom stereocenters. The van der Waals surface area contributed by atoms with E-state index >= 15 is 0 Å². The molecule has 0 fully saturated rings. The van der Waals surface area contributed by atoms with E-state index in [1.807, 2.05) is 24.3 Å². The van der Waals surface area contributed by atoms with Gasteiger partial charge >= 0.3 is 0 Å². The fraction of sp³-hybridized carbons (Fsp3) is 0.583. The summed E-state index contributed by atoms with van der Waals surface area (Å²) in [7, 11) is 0. The minimum Gasteiger partial charge on any atom is -0.385 e. The Hall–Kier alpha value is -2.86. The van der Waals surface area contributed by atoms with Crippen molar-refractivity contribution >= 4 is 28.9 Å². The van der Waals surface area contributed by atoms with Crippen LogP contribution in [-0.4, -0.2) is 47.6 Å². The van der Waals surface area contributed by atoms with Gasteiger partial charge in [-0.25, -0.2) is 4.39 Å². The maximum Gasteiger partial charge on any atom is 0.256 e. The van der Waals surface area contributed by atoms with Gasteiger partial charge in [0.15, 0.2) is 0 Å². The molecule has 0 saturated heterocycles. The molecule has 1 aromatic carbocycles. The first-order valence-corrected chi connectivity index (χ1v) is 15.9. The predicted octanol–water partition coefficient (Wildman–Crippen LogP) is 8.40. The number of nitrogens with zero attached hydrogens (tertiary/aromatic N) is 1. The third-order valence-electron chi connectivity index (χ3n) is 8.23. The number of hydrogen-bond donors (Lipinski definition) is 3. The number of alkyl halides is 1. The molecule has 1 aromatic heterocycles. The zero-order valence-electron chi connectivity index (χ0n) is 27.6. The average Bonchev–Trinajstić information content (AvgIpc) is 3.34. The number of halogens is 1. The highest BCUT2D eigenvalue weighted by atomic mass is 19.1. The van der Waals surface area contributed by atoms with Crippen LogP contribution < -0.4 is 10.6 Å². The van der Waals surface area contributed by atoms with Gasteiger partial charge in [0.1, 0.15) is 5.67 Å². The summed E-state index contributed by atoms with van der Waals surface area (Å²) in [5, 5.41) is 6.61. The number of aromatic amines is 1. The highest BCUT2D eigenvalue weighted by Gasteiger charge is 2.27. The highest BCUT2D eigenvalue weighted by molar-refractivity contribution is 6.35. The Kier molecular flexibility index (Phi) is 11.7. The SMILES string of the molecule is C=C(NCC(CC)CN(CC(C)C)CC(C)CCC)c1c(C)[nH]c(/C=C2\C(=O)Nc3ccc(CC(C)(C)F)cc32)c1C. The fourth-order valence-corrected chi connectivity index (χ4v) is 6.31. The number of hydrogen-bond acceptors (Lipinski definition) is 3. The van der Waals surface area contributed by atoms with Gasteiger partial charge in [-0.2, -0.15) is 0 Å². The van der Waals surface area contributed by atoms with E-state index in [9.17, 15) is 9.18 Å². The van der Waals surface area contributed by atoms with Gasteiger partial charge in [-0.15, -0.1) is 0 Å². The second kappa shape index (κ2) is 14.5. The van der Waals surface area contributed by atoms with Gasteiger partial charge in [0.25, 0.3) is 5.91 Å². The second-order valence-corrected chi connectivity index (χ2v) is 13.6. The Morgan fingerprint density at radius 3 is 2.48 bits per heavy atom. The standard InChI is InChI=1S/C36H55FN4O/c1-11-13-24(5)21-41(20-23(3)4)22-28(12-2)19-38-26(7)34-25(6)33(39-27(34)8)17-31-30-16-29(18-36(9,10)37)14-15-32(30)40-35(31)42/h14-17,23-24,28,38-39H,7,11-13,18-22H2,1-6,8-10H3,(H,40,42)/b31-17-. The quantitative estimate of drug-likeness (QED) is 0.175. The molecule has 0 saturated carbocycles. The van der Waals surface area contributed by atoms with Crippen molar-refractivity contribution in [3.63, 3.8) is 0 Å². The summed E-state index contributed by atoms with van der Waals surface area (Å²) >= 11 is 0. The van der Waals surface area contributed by atoms with Crippen LogP contribution >= 0.6 is 0 Å². The van der Waals surface area contributed by atoms with Crippen LogP contribution in [0.2, 0.25) is 0 Å². The predicted molar refractivity (Wildman–Crippen MR) is 178 cm³/mol. The molecular formula is C36H55FN4O. The molecule has 1 amide bonds. The van der Waals surface area contributed by atoms with E-state index in [0.29, 0.717) is 29.7 Å². The summed E-state index contributed by atoms with van der Waals surface area (Å²) in [5.41, 5.74) is 6.66. The van der Waals surface area contributed by atoms with Crippen LogP contribution in [-0.2, 0) is 11.2 Å². The van der Waals surface area contributed by atoms with E-state index in [2.05, 4.69) is 75.6 Å². The normalized spacial score (nSPS) is 15.8. The van der Waals surface area contributed by atoms with Crippen LogP contribution in [0.25, 0.3) is 17.3 Å². The number of carbonyl (C=O) groups excluding carboxylic acids is 1. The van der Waals surface area contributed by atoms with Gasteiger partial charge < -0.3 is 20.5 Å². The van der Waals surface area contributed by atoms with Gasteiger partial charge in [0, 0.05) is 66.5 Å². The Bertz CT molecular complexity index is 1270. The third kappa shape index (κ3) is 9.07. The van der Waals surface area contributed by atoms with Crippen molar-refractivity contribution in [3.05, 3.63) is 58.4 Å². The molecule has 6 heteroatoms. The summed E-state index contributed by atoms with van der Waals surface area (Å²) in [4.78, 5) is 19.1. The van der Waals surface area contributed by atoms with Gasteiger partial charge in [0.05, 0.1) is 5.57 Å². The molecular weight excluding hydrogens is 523 g/mol. The number of fused-ring (bicyclic) bond motifs is 1. The number of anilines is 1. The minimum atomic E-state index is -1.32. The lowest BCUT2D eigenvalue weighted by Crippen LogP contribution is -2.38. The first-order chi connectivity index (χ1) is 19.7. The number of amides is 1. The number of carbonyl (C=O) groups is 1. The molecule has 3 rings (SSSR count). The molecule has 0 radical (unpaired) electrons. The first-order valence-electron chi connectivity index (χ1n) is 15.9. The molecule has 2 heterocycles. The fourth-order valence-electron chi connectivity index (χ4n) is 6.31. The molecule has 1 aliphatic heterocycles. The lowest BCUT2D eigenvalue weighted by Gasteiger charge is -2.31. The molecule has 3 N–H and O–H groups in total. The van der Waals surface area contributed by atoms with Crippen molar-refractivity contribution in [1.29, 1.82) is 0 Å². The van der Waals surface area contributed by atoms with E-state index in [1.54, 1.807) is 13.8 Å². The van der Waals surface area contributed by atoms with Crippen LogP contribution in [0.15, 0.2) is 24.8 Å². The van der Waals surface area contributed by atoms with Gasteiger partial charge in [0.2, 0.25) is 0 Å². The molecule has 5 nitrogen and oxygen atoms in total. The largest absolute Gasteiger partial charge is 0.385 e. The Morgan fingerprint density at radius 2 is 1.86 bits per heavy atom.